The molecular formula is C11H13BN2O2. The van der Waals surface area contributed by atoms with Gasteiger partial charge in [-0.25, -0.2) is 0 Å². The lowest BCUT2D eigenvalue weighted by molar-refractivity contribution is 0.426. The molecular weight excluding hydrogens is 203 g/mol. The van der Waals surface area contributed by atoms with Crippen LogP contribution in [0.2, 0.25) is 0 Å². The van der Waals surface area contributed by atoms with Crippen molar-refractivity contribution in [2.75, 3.05) is 0 Å². The van der Waals surface area contributed by atoms with Crippen LogP contribution in [0.15, 0.2) is 36.5 Å². The van der Waals surface area contributed by atoms with Gasteiger partial charge in [0.05, 0.1) is 12.2 Å². The van der Waals surface area contributed by atoms with Crippen LogP contribution >= 0.6 is 0 Å². The Morgan fingerprint density at radius 2 is 1.88 bits per heavy atom. The maximum atomic E-state index is 8.95. The van der Waals surface area contributed by atoms with Gasteiger partial charge in [-0.05, 0) is 24.0 Å². The molecule has 2 rings (SSSR count). The largest absolute Gasteiger partial charge is 0.488 e. The van der Waals surface area contributed by atoms with Gasteiger partial charge in [0.2, 0.25) is 0 Å². The van der Waals surface area contributed by atoms with Crippen LogP contribution in [0.3, 0.4) is 0 Å². The Morgan fingerprint density at radius 1 is 1.19 bits per heavy atom. The molecule has 0 unspecified atom stereocenters. The average Bonchev–Trinajstić information content (AvgIpc) is 2.65. The van der Waals surface area contributed by atoms with E-state index in [2.05, 4.69) is 5.10 Å². The summed E-state index contributed by atoms with van der Waals surface area (Å²) in [6.07, 6.45) is 1.92. The first-order chi connectivity index (χ1) is 7.65. The minimum atomic E-state index is -1.40. The van der Waals surface area contributed by atoms with Gasteiger partial charge in [0, 0.05) is 6.20 Å². The van der Waals surface area contributed by atoms with E-state index < -0.39 is 7.12 Å². The lowest BCUT2D eigenvalue weighted by Gasteiger charge is -2.03. The van der Waals surface area contributed by atoms with Gasteiger partial charge in [-0.1, -0.05) is 24.3 Å². The van der Waals surface area contributed by atoms with E-state index in [1.54, 1.807) is 12.1 Å². The second-order valence-electron chi connectivity index (χ2n) is 3.77. The van der Waals surface area contributed by atoms with Crippen LogP contribution < -0.4 is 5.46 Å². The Kier molecular flexibility index (Phi) is 3.08. The first kappa shape index (κ1) is 10.9. The van der Waals surface area contributed by atoms with Crippen molar-refractivity contribution in [2.24, 2.45) is 0 Å². The maximum absolute atomic E-state index is 8.95. The molecule has 0 saturated heterocycles. The van der Waals surface area contributed by atoms with Crippen LogP contribution in [0.1, 0.15) is 11.3 Å². The highest BCUT2D eigenvalue weighted by Crippen LogP contribution is 2.01. The summed E-state index contributed by atoms with van der Waals surface area (Å²) in [5.41, 5.74) is 2.57. The monoisotopic (exact) mass is 216 g/mol. The summed E-state index contributed by atoms with van der Waals surface area (Å²) in [6.45, 7) is 2.64. The summed E-state index contributed by atoms with van der Waals surface area (Å²) < 4.78 is 1.85. The summed E-state index contributed by atoms with van der Waals surface area (Å²) in [7, 11) is -1.40. The van der Waals surface area contributed by atoms with E-state index in [0.717, 1.165) is 11.3 Å². The third-order valence-corrected chi connectivity index (χ3v) is 2.40. The van der Waals surface area contributed by atoms with Crippen molar-refractivity contribution in [2.45, 2.75) is 13.5 Å². The van der Waals surface area contributed by atoms with Crippen LogP contribution in [0, 0.1) is 6.92 Å². The van der Waals surface area contributed by atoms with Gasteiger partial charge in [-0.15, -0.1) is 0 Å². The van der Waals surface area contributed by atoms with Crippen molar-refractivity contribution in [3.8, 4) is 0 Å². The van der Waals surface area contributed by atoms with Gasteiger partial charge in [0.25, 0.3) is 0 Å². The third-order valence-electron chi connectivity index (χ3n) is 2.40. The fraction of sp³-hybridized carbons (Fsp3) is 0.182. The summed E-state index contributed by atoms with van der Waals surface area (Å²) in [6, 6.07) is 9.09. The Morgan fingerprint density at radius 3 is 2.38 bits per heavy atom. The number of hydrogen-bond donors (Lipinski definition) is 2. The summed E-state index contributed by atoms with van der Waals surface area (Å²) in [5, 5.41) is 22.2. The summed E-state index contributed by atoms with van der Waals surface area (Å²) in [5.74, 6) is 0. The minimum absolute atomic E-state index is 0.500. The van der Waals surface area contributed by atoms with Gasteiger partial charge in [-0.3, -0.25) is 4.68 Å². The molecule has 0 amide bonds. The molecule has 0 atom stereocenters. The lowest BCUT2D eigenvalue weighted by Crippen LogP contribution is -2.29. The van der Waals surface area contributed by atoms with Crippen molar-refractivity contribution < 1.29 is 10.0 Å². The second-order valence-corrected chi connectivity index (χ2v) is 3.77. The highest BCUT2D eigenvalue weighted by Gasteiger charge is 2.09. The van der Waals surface area contributed by atoms with Gasteiger partial charge in [0.1, 0.15) is 0 Å². The van der Waals surface area contributed by atoms with Crippen LogP contribution in [-0.2, 0) is 6.54 Å². The Hall–Kier alpha value is -1.59. The predicted octanol–water partition coefficient (Wildman–Crippen LogP) is -0.0804. The van der Waals surface area contributed by atoms with E-state index in [9.17, 15) is 0 Å². The Labute approximate surface area is 94.3 Å². The van der Waals surface area contributed by atoms with E-state index in [-0.39, 0.29) is 0 Å². The zero-order valence-electron chi connectivity index (χ0n) is 9.04. The molecule has 0 radical (unpaired) electrons. The fourth-order valence-corrected chi connectivity index (χ4v) is 1.53. The lowest BCUT2D eigenvalue weighted by atomic mass is 9.80. The van der Waals surface area contributed by atoms with Crippen LogP contribution in [0.4, 0.5) is 0 Å². The van der Waals surface area contributed by atoms with Crippen molar-refractivity contribution in [3.63, 3.8) is 0 Å². The first-order valence-electron chi connectivity index (χ1n) is 5.10. The van der Waals surface area contributed by atoms with Crippen molar-refractivity contribution in [1.29, 1.82) is 0 Å². The molecule has 2 aromatic rings. The third kappa shape index (κ3) is 2.50. The molecule has 5 heteroatoms. The van der Waals surface area contributed by atoms with E-state index in [0.29, 0.717) is 12.0 Å². The molecule has 1 aromatic carbocycles. The molecule has 0 aliphatic carbocycles. The zero-order valence-corrected chi connectivity index (χ0v) is 9.04. The van der Waals surface area contributed by atoms with Crippen molar-refractivity contribution in [3.05, 3.63) is 47.8 Å². The maximum Gasteiger partial charge on any atom is 0.488 e. The van der Waals surface area contributed by atoms with Gasteiger partial charge in [0.15, 0.2) is 0 Å². The normalized spacial score (nSPS) is 10.4. The number of aryl methyl sites for hydroxylation is 1. The standard InChI is InChI=1S/C11H13BN2O2/c1-9-6-7-14(13-9)8-10-2-4-11(5-3-10)12(15)16/h2-7,15-16H,8H2,1H3. The van der Waals surface area contributed by atoms with Crippen LogP contribution in [-0.4, -0.2) is 26.9 Å². The van der Waals surface area contributed by atoms with Crippen LogP contribution in [0.25, 0.3) is 0 Å². The molecule has 0 aliphatic heterocycles. The van der Waals surface area contributed by atoms with E-state index >= 15 is 0 Å². The average molecular weight is 216 g/mol. The number of nitrogens with zero attached hydrogens (tertiary/aromatic N) is 2. The van der Waals surface area contributed by atoms with Crippen LogP contribution in [0.5, 0.6) is 0 Å². The molecule has 0 fully saturated rings. The molecule has 16 heavy (non-hydrogen) atoms. The van der Waals surface area contributed by atoms with Gasteiger partial charge >= 0.3 is 7.12 Å². The molecule has 0 saturated carbocycles. The number of hydrogen-bond acceptors (Lipinski definition) is 3. The second kappa shape index (κ2) is 4.51. The van der Waals surface area contributed by atoms with E-state index in [4.69, 9.17) is 10.0 Å². The first-order valence-corrected chi connectivity index (χ1v) is 5.10. The summed E-state index contributed by atoms with van der Waals surface area (Å²) in [4.78, 5) is 0. The molecule has 0 bridgehead atoms. The number of benzene rings is 1. The van der Waals surface area contributed by atoms with Crippen molar-refractivity contribution >= 4 is 12.6 Å². The fourth-order valence-electron chi connectivity index (χ4n) is 1.53. The highest BCUT2D eigenvalue weighted by atomic mass is 16.4. The zero-order chi connectivity index (χ0) is 11.5. The predicted molar refractivity (Wildman–Crippen MR) is 62.3 cm³/mol. The molecule has 2 N–H and O–H groups in total. The molecule has 4 nitrogen and oxygen atoms in total. The molecule has 82 valence electrons. The van der Waals surface area contributed by atoms with Crippen molar-refractivity contribution in [1.82, 2.24) is 9.78 Å². The molecule has 0 aliphatic rings. The smallest absolute Gasteiger partial charge is 0.423 e. The topological polar surface area (TPSA) is 58.3 Å². The number of rotatable bonds is 3. The molecule has 1 heterocycles. The quantitative estimate of drug-likeness (QED) is 0.705. The molecule has 1 aromatic heterocycles. The Bertz CT molecular complexity index is 465. The van der Waals surface area contributed by atoms with Gasteiger partial charge < -0.3 is 10.0 Å². The summed E-state index contributed by atoms with van der Waals surface area (Å²) >= 11 is 0. The number of aromatic nitrogens is 2. The van der Waals surface area contributed by atoms with Gasteiger partial charge in [-0.2, -0.15) is 5.10 Å². The molecule has 0 spiro atoms. The minimum Gasteiger partial charge on any atom is -0.423 e. The highest BCUT2D eigenvalue weighted by molar-refractivity contribution is 6.58. The van der Waals surface area contributed by atoms with E-state index in [1.165, 1.54) is 0 Å². The van der Waals surface area contributed by atoms with E-state index in [1.807, 2.05) is 36.0 Å². The Balaban J connectivity index is 2.11. The SMILES string of the molecule is Cc1ccn(Cc2ccc(B(O)O)cc2)n1.